The number of hydrogen-bond acceptors (Lipinski definition) is 2. The molecule has 0 unspecified atom stereocenters. The molecule has 0 saturated carbocycles. The van der Waals surface area contributed by atoms with Gasteiger partial charge in [-0.3, -0.25) is 0 Å². The van der Waals surface area contributed by atoms with Crippen molar-refractivity contribution < 1.29 is 9.53 Å². The van der Waals surface area contributed by atoms with Gasteiger partial charge in [0.15, 0.2) is 0 Å². The van der Waals surface area contributed by atoms with Crippen LogP contribution in [-0.4, -0.2) is 12.6 Å². The van der Waals surface area contributed by atoms with Crippen LogP contribution in [-0.2, 0) is 4.74 Å². The highest BCUT2D eigenvalue weighted by atomic mass is 16.5. The molecule has 0 amide bonds. The van der Waals surface area contributed by atoms with Gasteiger partial charge >= 0.3 is 5.97 Å². The van der Waals surface area contributed by atoms with E-state index >= 15 is 0 Å². The minimum atomic E-state index is -0.233. The number of allylic oxidation sites excluding steroid dienone is 1. The summed E-state index contributed by atoms with van der Waals surface area (Å²) in [6.45, 7) is 4.53. The number of carbonyl (C=O) groups is 1. The Kier molecular flexibility index (Phi) is 14.4. The molecule has 0 N–H and O–H groups in total. The molecular formula is C25H40O2. The third-order valence-corrected chi connectivity index (χ3v) is 4.98. The molecule has 2 nitrogen and oxygen atoms in total. The topological polar surface area (TPSA) is 26.3 Å². The second-order valence-corrected chi connectivity index (χ2v) is 7.39. The van der Waals surface area contributed by atoms with Crippen molar-refractivity contribution in [1.29, 1.82) is 0 Å². The molecule has 0 bridgehead atoms. The minimum absolute atomic E-state index is 0.233. The highest BCUT2D eigenvalue weighted by Gasteiger charge is 2.09. The summed E-state index contributed by atoms with van der Waals surface area (Å²) in [5.41, 5.74) is 1.61. The van der Waals surface area contributed by atoms with Crippen LogP contribution in [0.5, 0.6) is 0 Å². The van der Waals surface area contributed by atoms with Crippen LogP contribution in [0, 0.1) is 0 Å². The van der Waals surface area contributed by atoms with Gasteiger partial charge in [0.25, 0.3) is 0 Å². The van der Waals surface area contributed by atoms with E-state index in [2.05, 4.69) is 19.1 Å². The molecule has 2 heteroatoms. The molecule has 0 fully saturated rings. The van der Waals surface area contributed by atoms with Gasteiger partial charge in [-0.2, -0.15) is 0 Å². The van der Waals surface area contributed by atoms with E-state index in [4.69, 9.17) is 4.74 Å². The Morgan fingerprint density at radius 3 is 1.96 bits per heavy atom. The molecule has 0 aliphatic carbocycles. The fourth-order valence-corrected chi connectivity index (χ4v) is 3.35. The van der Waals surface area contributed by atoms with Crippen molar-refractivity contribution in [3.63, 3.8) is 0 Å². The molecule has 0 aliphatic heterocycles. The summed E-state index contributed by atoms with van der Waals surface area (Å²) >= 11 is 0. The Hall–Kier alpha value is -1.57. The van der Waals surface area contributed by atoms with Crippen molar-refractivity contribution in [2.45, 2.75) is 97.3 Å². The van der Waals surface area contributed by atoms with E-state index in [1.54, 1.807) is 0 Å². The summed E-state index contributed by atoms with van der Waals surface area (Å²) in [7, 11) is 0. The Bertz CT molecular complexity index is 519. The third-order valence-electron chi connectivity index (χ3n) is 4.98. The maximum absolute atomic E-state index is 12.0. The number of carbonyl (C=O) groups excluding carboxylic acids is 1. The van der Waals surface area contributed by atoms with Crippen LogP contribution in [0.1, 0.15) is 113 Å². The van der Waals surface area contributed by atoms with Gasteiger partial charge < -0.3 is 4.74 Å². The largest absolute Gasteiger partial charge is 0.462 e. The summed E-state index contributed by atoms with van der Waals surface area (Å²) in [4.78, 5) is 12.0. The molecule has 0 aliphatic rings. The molecule has 0 atom stereocenters. The van der Waals surface area contributed by atoms with E-state index in [1.165, 1.54) is 77.0 Å². The second-order valence-electron chi connectivity index (χ2n) is 7.39. The van der Waals surface area contributed by atoms with Crippen LogP contribution in [0.4, 0.5) is 0 Å². The molecule has 0 spiro atoms. The van der Waals surface area contributed by atoms with Gasteiger partial charge in [-0.25, -0.2) is 4.79 Å². The summed E-state index contributed by atoms with van der Waals surface area (Å²) < 4.78 is 5.12. The lowest BCUT2D eigenvalue weighted by Gasteiger charge is -2.05. The molecule has 0 heterocycles. The lowest BCUT2D eigenvalue weighted by molar-refractivity contribution is 0.0526. The fourth-order valence-electron chi connectivity index (χ4n) is 3.35. The first-order chi connectivity index (χ1) is 13.3. The van der Waals surface area contributed by atoms with Gasteiger partial charge in [-0.1, -0.05) is 108 Å². The number of unbranched alkanes of at least 4 members (excludes halogenated alkanes) is 12. The van der Waals surface area contributed by atoms with Gasteiger partial charge in [-0.05, 0) is 31.4 Å². The Morgan fingerprint density at radius 2 is 1.37 bits per heavy atom. The number of ether oxygens (including phenoxy) is 1. The van der Waals surface area contributed by atoms with Crippen LogP contribution in [0.2, 0.25) is 0 Å². The summed E-state index contributed by atoms with van der Waals surface area (Å²) in [6, 6.07) is 7.66. The zero-order valence-electron chi connectivity index (χ0n) is 17.7. The van der Waals surface area contributed by atoms with Crippen molar-refractivity contribution in [3.05, 3.63) is 41.5 Å². The predicted molar refractivity (Wildman–Crippen MR) is 117 cm³/mol. The summed E-state index contributed by atoms with van der Waals surface area (Å²) in [5, 5.41) is 0. The molecule has 0 aromatic heterocycles. The van der Waals surface area contributed by atoms with Gasteiger partial charge in [0.05, 0.1) is 12.2 Å². The van der Waals surface area contributed by atoms with Crippen LogP contribution < -0.4 is 0 Å². The Labute approximate surface area is 167 Å². The quantitative estimate of drug-likeness (QED) is 0.217. The van der Waals surface area contributed by atoms with E-state index in [9.17, 15) is 4.79 Å². The molecule has 0 saturated heterocycles. The average Bonchev–Trinajstić information content (AvgIpc) is 2.68. The third kappa shape index (κ3) is 11.7. The highest BCUT2D eigenvalue weighted by molar-refractivity contribution is 5.93. The first-order valence-electron chi connectivity index (χ1n) is 11.2. The first-order valence-corrected chi connectivity index (χ1v) is 11.2. The molecule has 0 radical (unpaired) electrons. The zero-order chi connectivity index (χ0) is 19.6. The van der Waals surface area contributed by atoms with E-state index in [-0.39, 0.29) is 5.97 Å². The maximum atomic E-state index is 12.0. The van der Waals surface area contributed by atoms with Gasteiger partial charge in [0.1, 0.15) is 0 Å². The average molecular weight is 373 g/mol. The number of rotatable bonds is 16. The van der Waals surface area contributed by atoms with Crippen molar-refractivity contribution in [1.82, 2.24) is 0 Å². The molecule has 27 heavy (non-hydrogen) atoms. The van der Waals surface area contributed by atoms with Crippen molar-refractivity contribution in [3.8, 4) is 0 Å². The van der Waals surface area contributed by atoms with E-state index < -0.39 is 0 Å². The molecule has 1 aromatic carbocycles. The number of hydrogen-bond donors (Lipinski definition) is 0. The summed E-state index contributed by atoms with van der Waals surface area (Å²) in [5.74, 6) is -0.233. The van der Waals surface area contributed by atoms with Gasteiger partial charge in [-0.15, -0.1) is 0 Å². The first kappa shape index (κ1) is 23.5. The Morgan fingerprint density at radius 1 is 0.815 bits per heavy atom. The fraction of sp³-hybridized carbons (Fsp3) is 0.640. The van der Waals surface area contributed by atoms with E-state index in [0.29, 0.717) is 12.2 Å². The van der Waals surface area contributed by atoms with Gasteiger partial charge in [0.2, 0.25) is 0 Å². The Balaban J connectivity index is 2.06. The zero-order valence-corrected chi connectivity index (χ0v) is 17.7. The molecule has 1 aromatic rings. The monoisotopic (exact) mass is 372 g/mol. The second kappa shape index (κ2) is 16.6. The lowest BCUT2D eigenvalue weighted by atomic mass is 10.0. The molecule has 1 rings (SSSR count). The summed E-state index contributed by atoms with van der Waals surface area (Å²) in [6.07, 6.45) is 21.9. The maximum Gasteiger partial charge on any atom is 0.338 e. The van der Waals surface area contributed by atoms with E-state index in [1.807, 2.05) is 31.2 Å². The van der Waals surface area contributed by atoms with Crippen LogP contribution in [0.3, 0.4) is 0 Å². The lowest BCUT2D eigenvalue weighted by Crippen LogP contribution is -2.06. The SMILES string of the molecule is CCCCCCCCCCCCCCC=Cc1ccccc1C(=O)OCC. The standard InChI is InChI=1S/C25H40O2/c1-3-5-6-7-8-9-10-11-12-13-14-15-16-17-20-23-21-18-19-22-24(23)25(26)27-4-2/h17-22H,3-16H2,1-2H3. The van der Waals surface area contributed by atoms with Crippen LogP contribution in [0.25, 0.3) is 6.08 Å². The predicted octanol–water partition coefficient (Wildman–Crippen LogP) is 7.97. The van der Waals surface area contributed by atoms with Crippen molar-refractivity contribution in [2.24, 2.45) is 0 Å². The molecule has 152 valence electrons. The normalized spacial score (nSPS) is 11.2. The van der Waals surface area contributed by atoms with E-state index in [0.717, 1.165) is 12.0 Å². The van der Waals surface area contributed by atoms with Crippen LogP contribution in [0.15, 0.2) is 30.3 Å². The highest BCUT2D eigenvalue weighted by Crippen LogP contribution is 2.15. The van der Waals surface area contributed by atoms with Gasteiger partial charge in [0, 0.05) is 0 Å². The van der Waals surface area contributed by atoms with Crippen molar-refractivity contribution in [2.75, 3.05) is 6.61 Å². The van der Waals surface area contributed by atoms with Crippen LogP contribution >= 0.6 is 0 Å². The molecular weight excluding hydrogens is 332 g/mol. The number of benzene rings is 1. The van der Waals surface area contributed by atoms with Crippen molar-refractivity contribution >= 4 is 12.0 Å². The number of esters is 1. The smallest absolute Gasteiger partial charge is 0.338 e. The minimum Gasteiger partial charge on any atom is -0.462 e.